The van der Waals surface area contributed by atoms with Crippen LogP contribution in [0.15, 0.2) is 77.2 Å². The number of halogens is 1. The van der Waals surface area contributed by atoms with Gasteiger partial charge in [-0.3, -0.25) is 14.9 Å². The lowest BCUT2D eigenvalue weighted by atomic mass is 10.1. The van der Waals surface area contributed by atoms with Crippen molar-refractivity contribution in [3.05, 3.63) is 94.0 Å². The number of carbonyl (C=O) groups excluding carboxylic acids is 4. The summed E-state index contributed by atoms with van der Waals surface area (Å²) in [5, 5.41) is 2.25. The molecule has 200 valence electrons. The highest BCUT2D eigenvalue weighted by atomic mass is 35.5. The third-order valence-corrected chi connectivity index (χ3v) is 7.00. The van der Waals surface area contributed by atoms with Gasteiger partial charge in [0.1, 0.15) is 16.2 Å². The number of nitrogens with zero attached hydrogens (tertiary/aromatic N) is 1. The van der Waals surface area contributed by atoms with Crippen molar-refractivity contribution in [2.75, 3.05) is 11.5 Å². The standard InChI is InChI=1S/C27H21ClN2O8S/c1-3-37-26(33)17-6-9-20(10-7-17)30-25(32)22(24(31)29-27(30)34)15-18-14-19(28)8-13-23(18)38-39(35,36)21-11-4-16(2)5-12-21/h4-15H,3H2,1-2H3,(H,29,31,34)/b22-15+. The number of amides is 4. The molecule has 12 heteroatoms. The van der Waals surface area contributed by atoms with Crippen molar-refractivity contribution in [2.45, 2.75) is 18.7 Å². The van der Waals surface area contributed by atoms with E-state index in [1.807, 2.05) is 0 Å². The number of rotatable bonds is 7. The Labute approximate surface area is 228 Å². The maximum absolute atomic E-state index is 13.3. The molecule has 3 aromatic rings. The molecule has 10 nitrogen and oxygen atoms in total. The summed E-state index contributed by atoms with van der Waals surface area (Å²) in [6.45, 7) is 3.63. The lowest BCUT2D eigenvalue weighted by Crippen LogP contribution is -2.54. The van der Waals surface area contributed by atoms with Crippen molar-refractivity contribution in [1.29, 1.82) is 0 Å². The predicted octanol–water partition coefficient (Wildman–Crippen LogP) is 4.26. The predicted molar refractivity (Wildman–Crippen MR) is 142 cm³/mol. The van der Waals surface area contributed by atoms with Crippen LogP contribution < -0.4 is 14.4 Å². The lowest BCUT2D eigenvalue weighted by molar-refractivity contribution is -0.122. The zero-order chi connectivity index (χ0) is 28.3. The first-order chi connectivity index (χ1) is 18.5. The number of barbiturate groups is 1. The van der Waals surface area contributed by atoms with E-state index in [0.717, 1.165) is 11.6 Å². The zero-order valence-corrected chi connectivity index (χ0v) is 22.2. The first kappa shape index (κ1) is 27.6. The Hall–Kier alpha value is -4.48. The van der Waals surface area contributed by atoms with Crippen LogP contribution in [0.1, 0.15) is 28.4 Å². The lowest BCUT2D eigenvalue weighted by Gasteiger charge is -2.26. The molecule has 3 aromatic carbocycles. The number of urea groups is 1. The third-order valence-electron chi connectivity index (χ3n) is 5.52. The van der Waals surface area contributed by atoms with Crippen LogP contribution in [-0.2, 0) is 24.4 Å². The topological polar surface area (TPSA) is 136 Å². The van der Waals surface area contributed by atoms with E-state index in [9.17, 15) is 27.6 Å². The van der Waals surface area contributed by atoms with Gasteiger partial charge in [0.15, 0.2) is 0 Å². The molecular weight excluding hydrogens is 548 g/mol. The van der Waals surface area contributed by atoms with Gasteiger partial charge in [0.25, 0.3) is 11.8 Å². The average molecular weight is 569 g/mol. The molecule has 0 saturated carbocycles. The molecule has 1 fully saturated rings. The third kappa shape index (κ3) is 6.00. The van der Waals surface area contributed by atoms with Crippen LogP contribution in [0.5, 0.6) is 5.75 Å². The number of anilines is 1. The molecule has 4 amide bonds. The summed E-state index contributed by atoms with van der Waals surface area (Å²) >= 11 is 6.10. The highest BCUT2D eigenvalue weighted by Crippen LogP contribution is 2.30. The van der Waals surface area contributed by atoms with E-state index in [4.69, 9.17) is 20.5 Å². The van der Waals surface area contributed by atoms with E-state index < -0.39 is 39.5 Å². The van der Waals surface area contributed by atoms with E-state index in [1.54, 1.807) is 26.0 Å². The van der Waals surface area contributed by atoms with Gasteiger partial charge < -0.3 is 8.92 Å². The SMILES string of the molecule is CCOC(=O)c1ccc(N2C(=O)NC(=O)/C(=C\c3cc(Cl)ccc3OS(=O)(=O)c3ccc(C)cc3)C2=O)cc1. The van der Waals surface area contributed by atoms with E-state index in [2.05, 4.69) is 5.32 Å². The van der Waals surface area contributed by atoms with Crippen LogP contribution in [0.3, 0.4) is 0 Å². The smallest absolute Gasteiger partial charge is 0.339 e. The van der Waals surface area contributed by atoms with E-state index in [1.165, 1.54) is 54.6 Å². The molecule has 1 N–H and O–H groups in total. The first-order valence-corrected chi connectivity index (χ1v) is 13.3. The van der Waals surface area contributed by atoms with E-state index in [-0.39, 0.29) is 39.1 Å². The van der Waals surface area contributed by atoms with Gasteiger partial charge in [-0.1, -0.05) is 29.3 Å². The molecule has 39 heavy (non-hydrogen) atoms. The Morgan fingerprint density at radius 3 is 2.31 bits per heavy atom. The molecule has 0 bridgehead atoms. The Balaban J connectivity index is 1.69. The summed E-state index contributed by atoms with van der Waals surface area (Å²) in [5.74, 6) is -2.77. The molecule has 0 unspecified atom stereocenters. The molecule has 1 aliphatic heterocycles. The van der Waals surface area contributed by atoms with E-state index in [0.29, 0.717) is 4.90 Å². The number of aryl methyl sites for hydroxylation is 1. The van der Waals surface area contributed by atoms with Crippen molar-refractivity contribution >= 4 is 57.3 Å². The van der Waals surface area contributed by atoms with Gasteiger partial charge in [-0.05, 0) is 74.5 Å². The zero-order valence-electron chi connectivity index (χ0n) is 20.6. The van der Waals surface area contributed by atoms with Crippen molar-refractivity contribution < 1.29 is 36.5 Å². The minimum absolute atomic E-state index is 0.00337. The molecule has 1 heterocycles. The molecule has 4 rings (SSSR count). The number of hydrogen-bond acceptors (Lipinski definition) is 8. The van der Waals surface area contributed by atoms with Gasteiger partial charge in [-0.25, -0.2) is 14.5 Å². The summed E-state index contributed by atoms with van der Waals surface area (Å²) in [4.78, 5) is 51.0. The average Bonchev–Trinajstić information content (AvgIpc) is 2.88. The molecule has 0 aromatic heterocycles. The van der Waals surface area contributed by atoms with Gasteiger partial charge >= 0.3 is 22.1 Å². The second-order valence-electron chi connectivity index (χ2n) is 8.26. The number of esters is 1. The number of ether oxygens (including phenoxy) is 1. The summed E-state index contributed by atoms with van der Waals surface area (Å²) in [6.07, 6.45) is 1.08. The maximum Gasteiger partial charge on any atom is 0.339 e. The fraction of sp³-hybridized carbons (Fsp3) is 0.111. The fourth-order valence-electron chi connectivity index (χ4n) is 3.59. The van der Waals surface area contributed by atoms with Crippen LogP contribution >= 0.6 is 11.6 Å². The normalized spacial score (nSPS) is 14.8. The van der Waals surface area contributed by atoms with Gasteiger partial charge in [-0.2, -0.15) is 8.42 Å². The van der Waals surface area contributed by atoms with Crippen LogP contribution in [0.2, 0.25) is 5.02 Å². The summed E-state index contributed by atoms with van der Waals surface area (Å²) < 4.78 is 36.0. The molecular formula is C27H21ClN2O8S. The van der Waals surface area contributed by atoms with Crippen LogP contribution in [-0.4, -0.2) is 38.8 Å². The largest absolute Gasteiger partial charge is 0.462 e. The molecule has 0 atom stereocenters. The number of nitrogens with one attached hydrogen (secondary N) is 1. The van der Waals surface area contributed by atoms with Gasteiger partial charge in [-0.15, -0.1) is 0 Å². The summed E-state index contributed by atoms with van der Waals surface area (Å²) in [5.41, 5.74) is 0.649. The Bertz CT molecular complexity index is 1610. The minimum atomic E-state index is -4.27. The number of carbonyl (C=O) groups is 4. The Morgan fingerprint density at radius 1 is 1.00 bits per heavy atom. The maximum atomic E-state index is 13.3. The number of benzene rings is 3. The van der Waals surface area contributed by atoms with Crippen molar-refractivity contribution in [2.24, 2.45) is 0 Å². The second kappa shape index (κ2) is 11.1. The highest BCUT2D eigenvalue weighted by Gasteiger charge is 2.37. The second-order valence-corrected chi connectivity index (χ2v) is 10.2. The van der Waals surface area contributed by atoms with E-state index >= 15 is 0 Å². The number of imide groups is 2. The van der Waals surface area contributed by atoms with Crippen molar-refractivity contribution in [3.8, 4) is 5.75 Å². The van der Waals surface area contributed by atoms with Gasteiger partial charge in [0, 0.05) is 10.6 Å². The Kier molecular flexibility index (Phi) is 7.84. The quantitative estimate of drug-likeness (QED) is 0.193. The van der Waals surface area contributed by atoms with Crippen LogP contribution in [0.4, 0.5) is 10.5 Å². The molecule has 0 spiro atoms. The molecule has 1 saturated heterocycles. The van der Waals surface area contributed by atoms with Crippen LogP contribution in [0, 0.1) is 6.92 Å². The monoisotopic (exact) mass is 568 g/mol. The number of hydrogen-bond donors (Lipinski definition) is 1. The summed E-state index contributed by atoms with van der Waals surface area (Å²) in [7, 11) is -4.27. The fourth-order valence-corrected chi connectivity index (χ4v) is 4.72. The molecule has 0 radical (unpaired) electrons. The summed E-state index contributed by atoms with van der Waals surface area (Å²) in [6, 6.07) is 14.4. The van der Waals surface area contributed by atoms with Gasteiger partial charge in [0.2, 0.25) is 0 Å². The van der Waals surface area contributed by atoms with Crippen molar-refractivity contribution in [1.82, 2.24) is 5.32 Å². The highest BCUT2D eigenvalue weighted by molar-refractivity contribution is 7.87. The van der Waals surface area contributed by atoms with Crippen LogP contribution in [0.25, 0.3) is 6.08 Å². The molecule has 1 aliphatic rings. The van der Waals surface area contributed by atoms with Gasteiger partial charge in [0.05, 0.1) is 17.9 Å². The first-order valence-electron chi connectivity index (χ1n) is 11.5. The van der Waals surface area contributed by atoms with Crippen molar-refractivity contribution in [3.63, 3.8) is 0 Å². The molecule has 0 aliphatic carbocycles. The Morgan fingerprint density at radius 2 is 1.67 bits per heavy atom. The minimum Gasteiger partial charge on any atom is -0.462 e.